The van der Waals surface area contributed by atoms with Crippen LogP contribution in [0, 0.1) is 0 Å². The Kier molecular flexibility index (Phi) is 13.1. The third-order valence-electron chi connectivity index (χ3n) is 10.4. The molecule has 0 amide bonds. The van der Waals surface area contributed by atoms with Gasteiger partial charge in [-0.15, -0.1) is 0 Å². The zero-order chi connectivity index (χ0) is 39.9. The molecule has 1 atom stereocenters. The van der Waals surface area contributed by atoms with E-state index in [1.807, 2.05) is 78.9 Å². The van der Waals surface area contributed by atoms with Crippen LogP contribution < -0.4 is 18.9 Å². The van der Waals surface area contributed by atoms with E-state index in [4.69, 9.17) is 18.9 Å². The van der Waals surface area contributed by atoms with Crippen LogP contribution >= 0.6 is 0 Å². The molecule has 292 valence electrons. The number of hydrogen-bond donors (Lipinski definition) is 0. The predicted molar refractivity (Wildman–Crippen MR) is 238 cm³/mol. The lowest BCUT2D eigenvalue weighted by molar-refractivity contribution is 0.302. The molecule has 0 N–H and O–H groups in total. The molecule has 8 aromatic carbocycles. The zero-order valence-electron chi connectivity index (χ0n) is 33.2. The minimum Gasteiger partial charge on any atom is -0.489 e. The van der Waals surface area contributed by atoms with E-state index < -0.39 is 0 Å². The summed E-state index contributed by atoms with van der Waals surface area (Å²) in [5, 5.41) is 0. The topological polar surface area (TPSA) is 36.9 Å². The van der Waals surface area contributed by atoms with E-state index in [2.05, 4.69) is 133 Å². The van der Waals surface area contributed by atoms with Crippen molar-refractivity contribution in [3.63, 3.8) is 0 Å². The highest BCUT2D eigenvalue weighted by atomic mass is 16.5. The molecule has 0 spiro atoms. The number of para-hydroxylation sites is 2. The number of hydrogen-bond acceptors (Lipinski definition) is 4. The van der Waals surface area contributed by atoms with Crippen molar-refractivity contribution in [2.24, 2.45) is 0 Å². The minimum absolute atomic E-state index is 0.0728. The fraction of sp³-hybridized carbons (Fsp3) is 0.127. The summed E-state index contributed by atoms with van der Waals surface area (Å²) < 4.78 is 25.7. The van der Waals surface area contributed by atoms with Gasteiger partial charge in [-0.1, -0.05) is 164 Å². The fourth-order valence-corrected chi connectivity index (χ4v) is 7.41. The SMILES string of the molecule is c1ccc(COc2ccc(Cc3c(Oc4ccccc4)cccc3C(Cc3cccc(OCc4ccccc4)c3)Cc3ccccc3OCc3ccccc3)cc2)cc1. The molecule has 0 aliphatic heterocycles. The van der Waals surface area contributed by atoms with E-state index in [-0.39, 0.29) is 5.92 Å². The van der Waals surface area contributed by atoms with Crippen LogP contribution in [-0.2, 0) is 39.1 Å². The Morgan fingerprint density at radius 3 is 1.51 bits per heavy atom. The molecule has 0 saturated carbocycles. The summed E-state index contributed by atoms with van der Waals surface area (Å²) in [6.45, 7) is 1.54. The van der Waals surface area contributed by atoms with Gasteiger partial charge < -0.3 is 18.9 Å². The molecule has 0 bridgehead atoms. The molecule has 0 radical (unpaired) electrons. The summed E-state index contributed by atoms with van der Waals surface area (Å²) in [4.78, 5) is 0. The maximum atomic E-state index is 6.72. The predicted octanol–water partition coefficient (Wildman–Crippen LogP) is 13.4. The van der Waals surface area contributed by atoms with Gasteiger partial charge in [-0.05, 0) is 106 Å². The summed E-state index contributed by atoms with van der Waals surface area (Å²) in [5.74, 6) is 4.31. The number of ether oxygens (including phenoxy) is 4. The first-order chi connectivity index (χ1) is 29.2. The van der Waals surface area contributed by atoms with Gasteiger partial charge >= 0.3 is 0 Å². The summed E-state index contributed by atoms with van der Waals surface area (Å²) in [5.41, 5.74) is 9.32. The second-order valence-electron chi connectivity index (χ2n) is 14.7. The van der Waals surface area contributed by atoms with Gasteiger partial charge in [0.15, 0.2) is 0 Å². The standard InChI is InChI=1S/C55H48O4/c1-5-17-43(18-6-1)39-56-49-33-31-42(32-34-49)37-53-52(28-16-30-55(53)59-50-25-11-4-12-26-50)48(35-46-23-15-27-51(36-46)57-40-44-19-7-2-8-20-44)38-47-24-13-14-29-54(47)58-41-45-21-9-3-10-22-45/h1-34,36,48H,35,37-41H2. The number of rotatable bonds is 18. The fourth-order valence-electron chi connectivity index (χ4n) is 7.41. The first kappa shape index (κ1) is 38.8. The highest BCUT2D eigenvalue weighted by Gasteiger charge is 2.23. The third-order valence-corrected chi connectivity index (χ3v) is 10.4. The molecule has 59 heavy (non-hydrogen) atoms. The van der Waals surface area contributed by atoms with Crippen LogP contribution in [0.25, 0.3) is 0 Å². The maximum Gasteiger partial charge on any atom is 0.131 e. The van der Waals surface area contributed by atoms with Crippen LogP contribution in [0.1, 0.15) is 50.4 Å². The highest BCUT2D eigenvalue weighted by molar-refractivity contribution is 5.49. The van der Waals surface area contributed by atoms with Gasteiger partial charge in [-0.3, -0.25) is 0 Å². The maximum absolute atomic E-state index is 6.72. The van der Waals surface area contributed by atoms with Gasteiger partial charge in [0.25, 0.3) is 0 Å². The summed E-state index contributed by atoms with van der Waals surface area (Å²) in [6, 6.07) is 72.9. The van der Waals surface area contributed by atoms with Crippen molar-refractivity contribution < 1.29 is 18.9 Å². The molecule has 1 unspecified atom stereocenters. The van der Waals surface area contributed by atoms with Gasteiger partial charge in [0.1, 0.15) is 48.6 Å². The molecular weight excluding hydrogens is 725 g/mol. The minimum atomic E-state index is 0.0728. The average molecular weight is 773 g/mol. The van der Waals surface area contributed by atoms with Crippen LogP contribution in [0.4, 0.5) is 0 Å². The lowest BCUT2D eigenvalue weighted by Crippen LogP contribution is -2.12. The van der Waals surface area contributed by atoms with Gasteiger partial charge in [-0.2, -0.15) is 0 Å². The molecule has 0 aromatic heterocycles. The van der Waals surface area contributed by atoms with Gasteiger partial charge in [0.2, 0.25) is 0 Å². The van der Waals surface area contributed by atoms with Crippen molar-refractivity contribution >= 4 is 0 Å². The van der Waals surface area contributed by atoms with Crippen LogP contribution in [0.15, 0.2) is 212 Å². The summed E-state index contributed by atoms with van der Waals surface area (Å²) in [6.07, 6.45) is 2.22. The molecule has 0 fully saturated rings. The average Bonchev–Trinajstić information content (AvgIpc) is 3.30. The van der Waals surface area contributed by atoms with Crippen molar-refractivity contribution in [2.75, 3.05) is 0 Å². The summed E-state index contributed by atoms with van der Waals surface area (Å²) in [7, 11) is 0. The Morgan fingerprint density at radius 1 is 0.339 bits per heavy atom. The Labute approximate surface area is 348 Å². The Bertz CT molecular complexity index is 2480. The monoisotopic (exact) mass is 772 g/mol. The van der Waals surface area contributed by atoms with Gasteiger partial charge in [0, 0.05) is 12.0 Å². The van der Waals surface area contributed by atoms with Crippen LogP contribution in [0.3, 0.4) is 0 Å². The molecule has 8 aromatic rings. The van der Waals surface area contributed by atoms with Crippen LogP contribution in [-0.4, -0.2) is 0 Å². The smallest absolute Gasteiger partial charge is 0.131 e. The van der Waals surface area contributed by atoms with Crippen molar-refractivity contribution in [3.8, 4) is 28.7 Å². The molecular formula is C55H48O4. The van der Waals surface area contributed by atoms with Crippen molar-refractivity contribution in [3.05, 3.63) is 257 Å². The van der Waals surface area contributed by atoms with Crippen molar-refractivity contribution in [1.29, 1.82) is 0 Å². The third kappa shape index (κ3) is 11.1. The van der Waals surface area contributed by atoms with Gasteiger partial charge in [-0.25, -0.2) is 0 Å². The second kappa shape index (κ2) is 19.9. The molecule has 0 aliphatic rings. The molecule has 4 heteroatoms. The zero-order valence-corrected chi connectivity index (χ0v) is 33.2. The van der Waals surface area contributed by atoms with E-state index in [9.17, 15) is 0 Å². The van der Waals surface area contributed by atoms with Crippen molar-refractivity contribution in [2.45, 2.75) is 45.0 Å². The van der Waals surface area contributed by atoms with Crippen LogP contribution in [0.2, 0.25) is 0 Å². The molecule has 0 heterocycles. The first-order valence-electron chi connectivity index (χ1n) is 20.3. The quantitative estimate of drug-likeness (QED) is 0.0870. The van der Waals surface area contributed by atoms with E-state index in [1.165, 1.54) is 16.7 Å². The van der Waals surface area contributed by atoms with E-state index in [1.54, 1.807) is 0 Å². The van der Waals surface area contributed by atoms with E-state index >= 15 is 0 Å². The largest absolute Gasteiger partial charge is 0.489 e. The van der Waals surface area contributed by atoms with Crippen molar-refractivity contribution in [1.82, 2.24) is 0 Å². The number of benzene rings is 8. The Hall–Kier alpha value is -7.04. The lowest BCUT2D eigenvalue weighted by Gasteiger charge is -2.25. The second-order valence-corrected chi connectivity index (χ2v) is 14.7. The van der Waals surface area contributed by atoms with E-state index in [0.29, 0.717) is 26.2 Å². The lowest BCUT2D eigenvalue weighted by atomic mass is 9.82. The first-order valence-corrected chi connectivity index (χ1v) is 20.3. The summed E-state index contributed by atoms with van der Waals surface area (Å²) >= 11 is 0. The van der Waals surface area contributed by atoms with E-state index in [0.717, 1.165) is 69.4 Å². The highest BCUT2D eigenvalue weighted by Crippen LogP contribution is 2.38. The van der Waals surface area contributed by atoms with Gasteiger partial charge in [0.05, 0.1) is 0 Å². The Balaban J connectivity index is 1.13. The molecule has 0 saturated heterocycles. The molecule has 4 nitrogen and oxygen atoms in total. The normalized spacial score (nSPS) is 11.4. The molecule has 8 rings (SSSR count). The van der Waals surface area contributed by atoms with Crippen LogP contribution in [0.5, 0.6) is 28.7 Å². The molecule has 0 aliphatic carbocycles. The Morgan fingerprint density at radius 2 is 0.847 bits per heavy atom.